The SMILES string of the molecule is N#CC1(CNCc2ccccc2Br)COC1. The maximum atomic E-state index is 9.01. The van der Waals surface area contributed by atoms with E-state index in [0.717, 1.165) is 11.0 Å². The third kappa shape index (κ3) is 2.43. The molecule has 0 spiro atoms. The minimum atomic E-state index is -0.304. The van der Waals surface area contributed by atoms with Gasteiger partial charge in [-0.15, -0.1) is 0 Å². The third-order valence-electron chi connectivity index (χ3n) is 2.73. The molecule has 1 saturated heterocycles. The first kappa shape index (κ1) is 11.6. The number of nitrogens with zero attached hydrogens (tertiary/aromatic N) is 1. The van der Waals surface area contributed by atoms with Crippen LogP contribution in [0.25, 0.3) is 0 Å². The van der Waals surface area contributed by atoms with E-state index >= 15 is 0 Å². The monoisotopic (exact) mass is 280 g/mol. The Morgan fingerprint density at radius 2 is 2.19 bits per heavy atom. The van der Waals surface area contributed by atoms with Gasteiger partial charge in [-0.3, -0.25) is 0 Å². The second-order valence-corrected chi connectivity index (χ2v) is 4.93. The van der Waals surface area contributed by atoms with Crippen LogP contribution in [-0.2, 0) is 11.3 Å². The quantitative estimate of drug-likeness (QED) is 0.919. The van der Waals surface area contributed by atoms with Crippen LogP contribution in [0.3, 0.4) is 0 Å². The number of hydrogen-bond acceptors (Lipinski definition) is 3. The Labute approximate surface area is 104 Å². The van der Waals surface area contributed by atoms with Gasteiger partial charge in [0.25, 0.3) is 0 Å². The first-order valence-corrected chi connectivity index (χ1v) is 5.98. The molecule has 0 atom stereocenters. The van der Waals surface area contributed by atoms with Crippen LogP contribution < -0.4 is 5.32 Å². The van der Waals surface area contributed by atoms with Gasteiger partial charge in [0.1, 0.15) is 5.41 Å². The fourth-order valence-electron chi connectivity index (χ4n) is 1.63. The molecule has 16 heavy (non-hydrogen) atoms. The molecule has 1 heterocycles. The smallest absolute Gasteiger partial charge is 0.116 e. The van der Waals surface area contributed by atoms with Gasteiger partial charge in [-0.05, 0) is 11.6 Å². The van der Waals surface area contributed by atoms with Crippen molar-refractivity contribution in [3.63, 3.8) is 0 Å². The van der Waals surface area contributed by atoms with Gasteiger partial charge in [0.05, 0.1) is 19.3 Å². The summed E-state index contributed by atoms with van der Waals surface area (Å²) < 4.78 is 6.18. The molecule has 0 aliphatic carbocycles. The Morgan fingerprint density at radius 3 is 2.75 bits per heavy atom. The van der Waals surface area contributed by atoms with Gasteiger partial charge in [0.2, 0.25) is 0 Å². The predicted molar refractivity (Wildman–Crippen MR) is 64.7 cm³/mol. The lowest BCUT2D eigenvalue weighted by Gasteiger charge is -2.35. The van der Waals surface area contributed by atoms with Crippen molar-refractivity contribution in [1.29, 1.82) is 5.26 Å². The van der Waals surface area contributed by atoms with Crippen LogP contribution in [0.4, 0.5) is 0 Å². The number of halogens is 1. The van der Waals surface area contributed by atoms with Gasteiger partial charge in [-0.1, -0.05) is 34.1 Å². The number of benzene rings is 1. The van der Waals surface area contributed by atoms with Gasteiger partial charge < -0.3 is 10.1 Å². The molecule has 1 N–H and O–H groups in total. The molecule has 0 saturated carbocycles. The van der Waals surface area contributed by atoms with Gasteiger partial charge >= 0.3 is 0 Å². The number of rotatable bonds is 4. The van der Waals surface area contributed by atoms with Crippen molar-refractivity contribution in [1.82, 2.24) is 5.32 Å². The molecule has 0 radical (unpaired) electrons. The molecule has 0 amide bonds. The lowest BCUT2D eigenvalue weighted by Crippen LogP contribution is -2.48. The predicted octanol–water partition coefficient (Wildman–Crippen LogP) is 2.08. The highest BCUT2D eigenvalue weighted by Gasteiger charge is 2.38. The lowest BCUT2D eigenvalue weighted by atomic mass is 9.88. The lowest BCUT2D eigenvalue weighted by molar-refractivity contribution is -0.0755. The maximum Gasteiger partial charge on any atom is 0.116 e. The van der Waals surface area contributed by atoms with Gasteiger partial charge in [-0.2, -0.15) is 5.26 Å². The molecule has 1 aliphatic rings. The van der Waals surface area contributed by atoms with E-state index in [9.17, 15) is 0 Å². The van der Waals surface area contributed by atoms with Crippen molar-refractivity contribution in [3.05, 3.63) is 34.3 Å². The van der Waals surface area contributed by atoms with Crippen LogP contribution in [0.15, 0.2) is 28.7 Å². The van der Waals surface area contributed by atoms with Crippen LogP contribution in [0.2, 0.25) is 0 Å². The first-order chi connectivity index (χ1) is 7.76. The second kappa shape index (κ2) is 4.96. The van der Waals surface area contributed by atoms with E-state index in [-0.39, 0.29) is 5.41 Å². The molecule has 1 aliphatic heterocycles. The van der Waals surface area contributed by atoms with Gasteiger partial charge in [0, 0.05) is 17.6 Å². The summed E-state index contributed by atoms with van der Waals surface area (Å²) in [5.74, 6) is 0. The number of nitriles is 1. The minimum absolute atomic E-state index is 0.304. The fourth-order valence-corrected chi connectivity index (χ4v) is 2.06. The van der Waals surface area contributed by atoms with Crippen molar-refractivity contribution in [3.8, 4) is 6.07 Å². The Kier molecular flexibility index (Phi) is 3.59. The molecule has 0 aromatic heterocycles. The molecule has 1 fully saturated rings. The zero-order valence-corrected chi connectivity index (χ0v) is 10.5. The van der Waals surface area contributed by atoms with Crippen LogP contribution in [0, 0.1) is 16.7 Å². The van der Waals surface area contributed by atoms with Crippen molar-refractivity contribution >= 4 is 15.9 Å². The Hall–Kier alpha value is -0.890. The molecular formula is C12H13BrN2O. The minimum Gasteiger partial charge on any atom is -0.378 e. The van der Waals surface area contributed by atoms with Crippen LogP contribution in [0.1, 0.15) is 5.56 Å². The molecular weight excluding hydrogens is 268 g/mol. The summed E-state index contributed by atoms with van der Waals surface area (Å²) in [6.45, 7) is 2.55. The highest BCUT2D eigenvalue weighted by atomic mass is 79.9. The average Bonchev–Trinajstić information content (AvgIpc) is 2.25. The van der Waals surface area contributed by atoms with E-state index < -0.39 is 0 Å². The average molecular weight is 281 g/mol. The van der Waals surface area contributed by atoms with E-state index in [0.29, 0.717) is 19.8 Å². The first-order valence-electron chi connectivity index (χ1n) is 5.19. The summed E-state index contributed by atoms with van der Waals surface area (Å²) in [6, 6.07) is 10.4. The molecule has 0 bridgehead atoms. The topological polar surface area (TPSA) is 45.0 Å². The summed E-state index contributed by atoms with van der Waals surface area (Å²) in [5.41, 5.74) is 0.900. The largest absolute Gasteiger partial charge is 0.378 e. The number of nitrogens with one attached hydrogen (secondary N) is 1. The van der Waals surface area contributed by atoms with Crippen molar-refractivity contribution in [2.75, 3.05) is 19.8 Å². The second-order valence-electron chi connectivity index (χ2n) is 4.08. The van der Waals surface area contributed by atoms with Crippen molar-refractivity contribution < 1.29 is 4.74 Å². The zero-order valence-electron chi connectivity index (χ0n) is 8.87. The molecule has 4 heteroatoms. The van der Waals surface area contributed by atoms with E-state index in [2.05, 4.69) is 33.4 Å². The molecule has 2 rings (SSSR count). The zero-order chi connectivity index (χ0) is 11.4. The third-order valence-corrected chi connectivity index (χ3v) is 3.50. The molecule has 3 nitrogen and oxygen atoms in total. The summed E-state index contributed by atoms with van der Waals surface area (Å²) in [5, 5.41) is 12.3. The summed E-state index contributed by atoms with van der Waals surface area (Å²) in [6.07, 6.45) is 0. The van der Waals surface area contributed by atoms with E-state index in [4.69, 9.17) is 10.00 Å². The van der Waals surface area contributed by atoms with Crippen LogP contribution in [0.5, 0.6) is 0 Å². The Balaban J connectivity index is 1.85. The number of hydrogen-bond donors (Lipinski definition) is 1. The van der Waals surface area contributed by atoms with Gasteiger partial charge in [-0.25, -0.2) is 0 Å². The normalized spacial score (nSPS) is 17.5. The Morgan fingerprint density at radius 1 is 1.44 bits per heavy atom. The molecule has 1 aromatic rings. The molecule has 84 valence electrons. The van der Waals surface area contributed by atoms with Crippen LogP contribution >= 0.6 is 15.9 Å². The number of ether oxygens (including phenoxy) is 1. The van der Waals surface area contributed by atoms with Crippen molar-refractivity contribution in [2.24, 2.45) is 5.41 Å². The summed E-state index contributed by atoms with van der Waals surface area (Å²) in [7, 11) is 0. The summed E-state index contributed by atoms with van der Waals surface area (Å²) >= 11 is 3.50. The van der Waals surface area contributed by atoms with Crippen LogP contribution in [-0.4, -0.2) is 19.8 Å². The summed E-state index contributed by atoms with van der Waals surface area (Å²) in [4.78, 5) is 0. The standard InChI is InChI=1S/C12H13BrN2O/c13-11-4-2-1-3-10(11)5-15-7-12(6-14)8-16-9-12/h1-4,15H,5,7-9H2. The van der Waals surface area contributed by atoms with E-state index in [1.807, 2.05) is 18.2 Å². The van der Waals surface area contributed by atoms with E-state index in [1.165, 1.54) is 5.56 Å². The highest BCUT2D eigenvalue weighted by Crippen LogP contribution is 2.25. The highest BCUT2D eigenvalue weighted by molar-refractivity contribution is 9.10. The molecule has 0 unspecified atom stereocenters. The fraction of sp³-hybridized carbons (Fsp3) is 0.417. The maximum absolute atomic E-state index is 9.01. The van der Waals surface area contributed by atoms with Crippen molar-refractivity contribution in [2.45, 2.75) is 6.54 Å². The van der Waals surface area contributed by atoms with Gasteiger partial charge in [0.15, 0.2) is 0 Å². The Bertz CT molecular complexity index is 410. The molecule has 1 aromatic carbocycles. The van der Waals surface area contributed by atoms with E-state index in [1.54, 1.807) is 0 Å².